The lowest BCUT2D eigenvalue weighted by molar-refractivity contribution is 0.0360. The molecule has 3 nitrogen and oxygen atoms in total. The molecule has 0 radical (unpaired) electrons. The number of benzene rings is 1. The number of morpholine rings is 1. The summed E-state index contributed by atoms with van der Waals surface area (Å²) in [5.74, 6) is 1.26. The van der Waals surface area contributed by atoms with E-state index in [9.17, 15) is 0 Å². The Morgan fingerprint density at radius 2 is 1.82 bits per heavy atom. The molecule has 0 saturated carbocycles. The summed E-state index contributed by atoms with van der Waals surface area (Å²) in [5, 5.41) is 0. The van der Waals surface area contributed by atoms with E-state index in [1.165, 1.54) is 43.8 Å². The van der Waals surface area contributed by atoms with Gasteiger partial charge in [-0.15, -0.1) is 0 Å². The lowest BCUT2D eigenvalue weighted by Crippen LogP contribution is -2.38. The SMILES string of the molecule is CSCCCN(CCCN1CCOCC1)Cc1ccccc1. The Hall–Kier alpha value is -0.550. The van der Waals surface area contributed by atoms with Crippen LogP contribution in [0.1, 0.15) is 18.4 Å². The van der Waals surface area contributed by atoms with Crippen molar-refractivity contribution in [2.24, 2.45) is 0 Å². The molecule has 0 aromatic heterocycles. The minimum atomic E-state index is 0.904. The average Bonchev–Trinajstić information content (AvgIpc) is 2.57. The zero-order valence-corrected chi connectivity index (χ0v) is 14.7. The predicted octanol–water partition coefficient (Wildman–Crippen LogP) is 2.96. The minimum absolute atomic E-state index is 0.904. The molecule has 0 aliphatic carbocycles. The summed E-state index contributed by atoms with van der Waals surface area (Å²) in [7, 11) is 0. The zero-order valence-electron chi connectivity index (χ0n) is 13.9. The molecule has 22 heavy (non-hydrogen) atoms. The number of nitrogens with zero attached hydrogens (tertiary/aromatic N) is 2. The van der Waals surface area contributed by atoms with E-state index in [2.05, 4.69) is 46.4 Å². The van der Waals surface area contributed by atoms with Crippen molar-refractivity contribution in [2.75, 3.05) is 57.9 Å². The second-order valence-electron chi connectivity index (χ2n) is 5.92. The maximum absolute atomic E-state index is 5.42. The van der Waals surface area contributed by atoms with Gasteiger partial charge in [-0.1, -0.05) is 30.3 Å². The van der Waals surface area contributed by atoms with Gasteiger partial charge in [-0.3, -0.25) is 9.80 Å². The number of ether oxygens (including phenoxy) is 1. The summed E-state index contributed by atoms with van der Waals surface area (Å²) in [5.41, 5.74) is 1.43. The molecule has 1 aliphatic rings. The molecule has 1 aliphatic heterocycles. The number of hydrogen-bond donors (Lipinski definition) is 0. The first-order chi connectivity index (χ1) is 10.9. The number of hydrogen-bond acceptors (Lipinski definition) is 4. The van der Waals surface area contributed by atoms with Crippen molar-refractivity contribution in [3.05, 3.63) is 35.9 Å². The first-order valence-electron chi connectivity index (χ1n) is 8.44. The molecule has 0 unspecified atom stereocenters. The van der Waals surface area contributed by atoms with Gasteiger partial charge in [0.1, 0.15) is 0 Å². The second-order valence-corrected chi connectivity index (χ2v) is 6.90. The fourth-order valence-corrected chi connectivity index (χ4v) is 3.30. The van der Waals surface area contributed by atoms with Crippen molar-refractivity contribution in [3.8, 4) is 0 Å². The Morgan fingerprint density at radius 1 is 1.09 bits per heavy atom. The van der Waals surface area contributed by atoms with E-state index in [1.54, 1.807) is 0 Å². The van der Waals surface area contributed by atoms with E-state index >= 15 is 0 Å². The molecule has 1 aromatic rings. The Morgan fingerprint density at radius 3 is 2.55 bits per heavy atom. The standard InChI is InChI=1S/C18H30N2OS/c1-22-16-6-11-20(17-18-7-3-2-4-8-18)10-5-9-19-12-14-21-15-13-19/h2-4,7-8H,5-6,9-17H2,1H3. The molecular weight excluding hydrogens is 292 g/mol. The van der Waals surface area contributed by atoms with E-state index in [0.717, 1.165) is 32.8 Å². The smallest absolute Gasteiger partial charge is 0.0594 e. The van der Waals surface area contributed by atoms with Gasteiger partial charge in [0, 0.05) is 19.6 Å². The molecule has 2 rings (SSSR count). The second kappa shape index (κ2) is 11.1. The molecular formula is C18H30N2OS. The van der Waals surface area contributed by atoms with E-state index in [-0.39, 0.29) is 0 Å². The van der Waals surface area contributed by atoms with Crippen molar-refractivity contribution >= 4 is 11.8 Å². The van der Waals surface area contributed by atoms with Crippen LogP contribution in [0.2, 0.25) is 0 Å². The molecule has 1 aromatic carbocycles. The lowest BCUT2D eigenvalue weighted by Gasteiger charge is -2.28. The monoisotopic (exact) mass is 322 g/mol. The van der Waals surface area contributed by atoms with Gasteiger partial charge in [0.25, 0.3) is 0 Å². The maximum Gasteiger partial charge on any atom is 0.0594 e. The van der Waals surface area contributed by atoms with Gasteiger partial charge >= 0.3 is 0 Å². The molecule has 1 fully saturated rings. The normalized spacial score (nSPS) is 16.3. The van der Waals surface area contributed by atoms with Crippen LogP contribution in [-0.4, -0.2) is 67.7 Å². The highest BCUT2D eigenvalue weighted by molar-refractivity contribution is 7.98. The van der Waals surface area contributed by atoms with Crippen LogP contribution >= 0.6 is 11.8 Å². The van der Waals surface area contributed by atoms with Crippen molar-refractivity contribution < 1.29 is 4.74 Å². The fraction of sp³-hybridized carbons (Fsp3) is 0.667. The van der Waals surface area contributed by atoms with Crippen molar-refractivity contribution in [3.63, 3.8) is 0 Å². The van der Waals surface area contributed by atoms with Crippen LogP contribution in [0.4, 0.5) is 0 Å². The Bertz CT molecular complexity index is 382. The summed E-state index contributed by atoms with van der Waals surface area (Å²) in [6.07, 6.45) is 4.73. The van der Waals surface area contributed by atoms with E-state index < -0.39 is 0 Å². The van der Waals surface area contributed by atoms with Gasteiger partial charge < -0.3 is 4.74 Å². The summed E-state index contributed by atoms with van der Waals surface area (Å²) >= 11 is 1.95. The molecule has 0 N–H and O–H groups in total. The predicted molar refractivity (Wildman–Crippen MR) is 96.6 cm³/mol. The maximum atomic E-state index is 5.42. The summed E-state index contributed by atoms with van der Waals surface area (Å²) < 4.78 is 5.42. The third-order valence-corrected chi connectivity index (χ3v) is 4.82. The van der Waals surface area contributed by atoms with Crippen LogP contribution in [0.15, 0.2) is 30.3 Å². The topological polar surface area (TPSA) is 15.7 Å². The molecule has 0 atom stereocenters. The van der Waals surface area contributed by atoms with Crippen LogP contribution in [-0.2, 0) is 11.3 Å². The Balaban J connectivity index is 1.73. The van der Waals surface area contributed by atoms with Crippen LogP contribution in [0.25, 0.3) is 0 Å². The highest BCUT2D eigenvalue weighted by Crippen LogP contribution is 2.08. The zero-order chi connectivity index (χ0) is 15.5. The van der Waals surface area contributed by atoms with Crippen LogP contribution in [0, 0.1) is 0 Å². The van der Waals surface area contributed by atoms with Gasteiger partial charge in [-0.25, -0.2) is 0 Å². The molecule has 4 heteroatoms. The first kappa shape index (κ1) is 17.8. The quantitative estimate of drug-likeness (QED) is 0.615. The van der Waals surface area contributed by atoms with Gasteiger partial charge in [0.15, 0.2) is 0 Å². The minimum Gasteiger partial charge on any atom is -0.379 e. The third-order valence-electron chi connectivity index (χ3n) is 4.12. The van der Waals surface area contributed by atoms with Gasteiger partial charge in [0.05, 0.1) is 13.2 Å². The van der Waals surface area contributed by atoms with Crippen LogP contribution in [0.3, 0.4) is 0 Å². The van der Waals surface area contributed by atoms with Gasteiger partial charge in [0.2, 0.25) is 0 Å². The van der Waals surface area contributed by atoms with Crippen LogP contribution in [0.5, 0.6) is 0 Å². The van der Waals surface area contributed by atoms with Crippen molar-refractivity contribution in [2.45, 2.75) is 19.4 Å². The largest absolute Gasteiger partial charge is 0.379 e. The number of rotatable bonds is 10. The van der Waals surface area contributed by atoms with Gasteiger partial charge in [-0.2, -0.15) is 11.8 Å². The lowest BCUT2D eigenvalue weighted by atomic mass is 10.2. The average molecular weight is 323 g/mol. The molecule has 1 heterocycles. The molecule has 0 bridgehead atoms. The van der Waals surface area contributed by atoms with E-state index in [0.29, 0.717) is 0 Å². The molecule has 1 saturated heterocycles. The molecule has 124 valence electrons. The summed E-state index contributed by atoms with van der Waals surface area (Å²) in [6.45, 7) is 8.70. The highest BCUT2D eigenvalue weighted by Gasteiger charge is 2.11. The Labute approximate surface area is 140 Å². The summed E-state index contributed by atoms with van der Waals surface area (Å²) in [4.78, 5) is 5.15. The van der Waals surface area contributed by atoms with E-state index in [4.69, 9.17) is 4.74 Å². The summed E-state index contributed by atoms with van der Waals surface area (Å²) in [6, 6.07) is 10.9. The third kappa shape index (κ3) is 7.14. The highest BCUT2D eigenvalue weighted by atomic mass is 32.2. The van der Waals surface area contributed by atoms with E-state index in [1.807, 2.05) is 11.8 Å². The van der Waals surface area contributed by atoms with Gasteiger partial charge in [-0.05, 0) is 50.0 Å². The van der Waals surface area contributed by atoms with Crippen molar-refractivity contribution in [1.82, 2.24) is 9.80 Å². The van der Waals surface area contributed by atoms with Crippen LogP contribution < -0.4 is 0 Å². The number of thioether (sulfide) groups is 1. The Kier molecular flexibility index (Phi) is 8.95. The first-order valence-corrected chi connectivity index (χ1v) is 9.83. The fourth-order valence-electron chi connectivity index (χ4n) is 2.89. The van der Waals surface area contributed by atoms with Crippen molar-refractivity contribution in [1.29, 1.82) is 0 Å². The molecule has 0 spiro atoms. The molecule has 0 amide bonds.